The lowest BCUT2D eigenvalue weighted by Crippen LogP contribution is -2.42. The monoisotopic (exact) mass is 390 g/mol. The number of hydrogen-bond acceptors (Lipinski definition) is 3. The summed E-state index contributed by atoms with van der Waals surface area (Å²) in [6, 6.07) is 8.04. The van der Waals surface area contributed by atoms with Crippen LogP contribution < -0.4 is 16.0 Å². The smallest absolute Gasteiger partial charge is 0.227 e. The van der Waals surface area contributed by atoms with Crippen LogP contribution in [0.4, 0.5) is 5.69 Å². The summed E-state index contributed by atoms with van der Waals surface area (Å²) in [5.41, 5.74) is 1.99. The average Bonchev–Trinajstić information content (AvgIpc) is 2.69. The standard InChI is InChI=1S/C21H34N4OS/c1-21(2,27-4)15-24-20(22-3)23-14-16-9-8-12-18(13-16)25-19(26)17-10-6-5-7-11-17/h8-9,12-13,17H,5-7,10-11,14-15H2,1-4H3,(H,25,26)(H2,22,23,24). The van der Waals surface area contributed by atoms with Crippen LogP contribution >= 0.6 is 11.8 Å². The molecule has 6 heteroatoms. The van der Waals surface area contributed by atoms with Gasteiger partial charge in [0.15, 0.2) is 5.96 Å². The Morgan fingerprint density at radius 1 is 1.22 bits per heavy atom. The fourth-order valence-electron chi connectivity index (χ4n) is 3.14. The Morgan fingerprint density at radius 3 is 2.63 bits per heavy atom. The topological polar surface area (TPSA) is 65.5 Å². The van der Waals surface area contributed by atoms with Gasteiger partial charge in [0.1, 0.15) is 0 Å². The number of thioether (sulfide) groups is 1. The molecule has 0 heterocycles. The maximum atomic E-state index is 12.4. The van der Waals surface area contributed by atoms with Crippen molar-refractivity contribution in [3.8, 4) is 0 Å². The summed E-state index contributed by atoms with van der Waals surface area (Å²) < 4.78 is 0.154. The third kappa shape index (κ3) is 7.45. The number of aliphatic imine (C=N–C) groups is 1. The summed E-state index contributed by atoms with van der Waals surface area (Å²) in [6.07, 6.45) is 7.74. The third-order valence-corrected chi connectivity index (χ3v) is 6.34. The number of amides is 1. The van der Waals surface area contributed by atoms with E-state index in [2.05, 4.69) is 47.1 Å². The van der Waals surface area contributed by atoms with E-state index in [1.54, 1.807) is 7.05 Å². The molecule has 0 unspecified atom stereocenters. The highest BCUT2D eigenvalue weighted by Crippen LogP contribution is 2.25. The van der Waals surface area contributed by atoms with Crippen molar-refractivity contribution in [2.75, 3.05) is 25.2 Å². The fraction of sp³-hybridized carbons (Fsp3) is 0.619. The van der Waals surface area contributed by atoms with Gasteiger partial charge in [0.05, 0.1) is 0 Å². The van der Waals surface area contributed by atoms with Gasteiger partial charge in [-0.15, -0.1) is 0 Å². The molecule has 1 saturated carbocycles. The van der Waals surface area contributed by atoms with Crippen molar-refractivity contribution in [1.82, 2.24) is 10.6 Å². The first kappa shape index (κ1) is 21.6. The molecule has 3 N–H and O–H groups in total. The number of nitrogens with one attached hydrogen (secondary N) is 3. The van der Waals surface area contributed by atoms with Crippen LogP contribution in [0.5, 0.6) is 0 Å². The van der Waals surface area contributed by atoms with Crippen molar-refractivity contribution >= 4 is 29.3 Å². The molecule has 5 nitrogen and oxygen atoms in total. The quantitative estimate of drug-likeness (QED) is 0.486. The molecule has 1 aromatic carbocycles. The number of benzene rings is 1. The molecule has 1 amide bonds. The van der Waals surface area contributed by atoms with Gasteiger partial charge in [0.25, 0.3) is 0 Å². The highest BCUT2D eigenvalue weighted by molar-refractivity contribution is 7.99. The lowest BCUT2D eigenvalue weighted by molar-refractivity contribution is -0.120. The second kappa shape index (κ2) is 10.6. The van der Waals surface area contributed by atoms with E-state index in [1.165, 1.54) is 19.3 Å². The Hall–Kier alpha value is -1.69. The molecule has 0 spiro atoms. The summed E-state index contributed by atoms with van der Waals surface area (Å²) >= 11 is 1.83. The number of guanidine groups is 1. The fourth-order valence-corrected chi connectivity index (χ4v) is 3.36. The van der Waals surface area contributed by atoms with Crippen molar-refractivity contribution in [3.63, 3.8) is 0 Å². The van der Waals surface area contributed by atoms with E-state index in [-0.39, 0.29) is 16.6 Å². The van der Waals surface area contributed by atoms with Crippen LogP contribution in [0.15, 0.2) is 29.3 Å². The Bertz CT molecular complexity index is 639. The molecule has 0 radical (unpaired) electrons. The Kier molecular flexibility index (Phi) is 8.48. The van der Waals surface area contributed by atoms with Crippen LogP contribution in [0.3, 0.4) is 0 Å². The second-order valence-corrected chi connectivity index (χ2v) is 9.28. The van der Waals surface area contributed by atoms with E-state index in [0.717, 1.165) is 36.6 Å². The predicted molar refractivity (Wildman–Crippen MR) is 117 cm³/mol. The van der Waals surface area contributed by atoms with Gasteiger partial charge in [-0.2, -0.15) is 11.8 Å². The summed E-state index contributed by atoms with van der Waals surface area (Å²) in [5, 5.41) is 9.80. The predicted octanol–water partition coefficient (Wildman–Crippen LogP) is 4.01. The molecule has 150 valence electrons. The largest absolute Gasteiger partial charge is 0.355 e. The Morgan fingerprint density at radius 2 is 1.96 bits per heavy atom. The van der Waals surface area contributed by atoms with Gasteiger partial charge in [0, 0.05) is 36.5 Å². The first-order valence-electron chi connectivity index (χ1n) is 9.83. The normalized spacial score (nSPS) is 16.1. The van der Waals surface area contributed by atoms with Crippen LogP contribution in [0.1, 0.15) is 51.5 Å². The zero-order chi connectivity index (χ0) is 19.7. The van der Waals surface area contributed by atoms with Crippen molar-refractivity contribution < 1.29 is 4.79 Å². The van der Waals surface area contributed by atoms with Crippen molar-refractivity contribution in [3.05, 3.63) is 29.8 Å². The molecule has 0 bridgehead atoms. The minimum Gasteiger partial charge on any atom is -0.355 e. The highest BCUT2D eigenvalue weighted by Gasteiger charge is 2.21. The molecule has 1 aliphatic rings. The number of rotatable bonds is 7. The zero-order valence-electron chi connectivity index (χ0n) is 17.1. The first-order chi connectivity index (χ1) is 12.9. The van der Waals surface area contributed by atoms with Gasteiger partial charge in [-0.1, -0.05) is 31.4 Å². The minimum atomic E-state index is 0.154. The van der Waals surface area contributed by atoms with E-state index in [4.69, 9.17) is 0 Å². The summed E-state index contributed by atoms with van der Waals surface area (Å²) in [5.74, 6) is 1.12. The molecule has 2 rings (SSSR count). The lowest BCUT2D eigenvalue weighted by atomic mass is 9.88. The SMILES string of the molecule is CN=C(NCc1cccc(NC(=O)C2CCCCC2)c1)NCC(C)(C)SC. The molecule has 1 fully saturated rings. The maximum Gasteiger partial charge on any atom is 0.227 e. The Labute approximate surface area is 168 Å². The number of anilines is 1. The lowest BCUT2D eigenvalue weighted by Gasteiger charge is -2.23. The van der Waals surface area contributed by atoms with Gasteiger partial charge in [-0.3, -0.25) is 9.79 Å². The van der Waals surface area contributed by atoms with Gasteiger partial charge in [-0.05, 0) is 50.6 Å². The molecule has 0 aromatic heterocycles. The first-order valence-corrected chi connectivity index (χ1v) is 11.1. The van der Waals surface area contributed by atoms with Crippen molar-refractivity contribution in [2.45, 2.75) is 57.2 Å². The van der Waals surface area contributed by atoms with E-state index in [1.807, 2.05) is 30.0 Å². The Balaban J connectivity index is 1.86. The molecule has 1 aromatic rings. The van der Waals surface area contributed by atoms with E-state index in [0.29, 0.717) is 6.54 Å². The van der Waals surface area contributed by atoms with Crippen molar-refractivity contribution in [1.29, 1.82) is 0 Å². The molecule has 1 aliphatic carbocycles. The molecule has 0 atom stereocenters. The van der Waals surface area contributed by atoms with Crippen LogP contribution in [0.2, 0.25) is 0 Å². The number of carbonyl (C=O) groups is 1. The van der Waals surface area contributed by atoms with Crippen LogP contribution in [-0.2, 0) is 11.3 Å². The van der Waals surface area contributed by atoms with Crippen LogP contribution in [-0.4, -0.2) is 36.5 Å². The highest BCUT2D eigenvalue weighted by atomic mass is 32.2. The minimum absolute atomic E-state index is 0.154. The number of carbonyl (C=O) groups excluding carboxylic acids is 1. The summed E-state index contributed by atoms with van der Waals surface area (Å²) in [7, 11) is 1.78. The van der Waals surface area contributed by atoms with Gasteiger partial charge in [0.2, 0.25) is 5.91 Å². The summed E-state index contributed by atoms with van der Waals surface area (Å²) in [6.45, 7) is 5.91. The molecular formula is C21H34N4OS. The molecule has 0 aliphatic heterocycles. The molecular weight excluding hydrogens is 356 g/mol. The van der Waals surface area contributed by atoms with E-state index in [9.17, 15) is 4.79 Å². The van der Waals surface area contributed by atoms with Gasteiger partial charge >= 0.3 is 0 Å². The molecule has 0 saturated heterocycles. The van der Waals surface area contributed by atoms with Crippen LogP contribution in [0, 0.1) is 5.92 Å². The summed E-state index contributed by atoms with van der Waals surface area (Å²) in [4.78, 5) is 16.7. The van der Waals surface area contributed by atoms with Crippen molar-refractivity contribution in [2.24, 2.45) is 10.9 Å². The van der Waals surface area contributed by atoms with E-state index >= 15 is 0 Å². The third-order valence-electron chi connectivity index (χ3n) is 5.09. The zero-order valence-corrected chi connectivity index (χ0v) is 17.9. The average molecular weight is 391 g/mol. The van der Waals surface area contributed by atoms with E-state index < -0.39 is 0 Å². The molecule has 27 heavy (non-hydrogen) atoms. The van der Waals surface area contributed by atoms with Gasteiger partial charge in [-0.25, -0.2) is 0 Å². The second-order valence-electron chi connectivity index (χ2n) is 7.77. The number of nitrogens with zero attached hydrogens (tertiary/aromatic N) is 1. The van der Waals surface area contributed by atoms with Crippen LogP contribution in [0.25, 0.3) is 0 Å². The maximum absolute atomic E-state index is 12.4. The number of hydrogen-bond donors (Lipinski definition) is 3. The van der Waals surface area contributed by atoms with Gasteiger partial charge < -0.3 is 16.0 Å².